The highest BCUT2D eigenvalue weighted by Gasteiger charge is 2.22. The summed E-state index contributed by atoms with van der Waals surface area (Å²) in [5, 5.41) is 6.70. The Kier molecular flexibility index (Phi) is 8.66. The highest BCUT2D eigenvalue weighted by Crippen LogP contribution is 2.36. The van der Waals surface area contributed by atoms with Crippen molar-refractivity contribution >= 4 is 28.4 Å². The van der Waals surface area contributed by atoms with Crippen LogP contribution < -0.4 is 20.9 Å². The molecule has 0 spiro atoms. The number of carbonyl (C=O) groups excluding carboxylic acids is 1. The van der Waals surface area contributed by atoms with E-state index >= 15 is 0 Å². The summed E-state index contributed by atoms with van der Waals surface area (Å²) in [6.07, 6.45) is 1.65. The molecule has 2 heterocycles. The van der Waals surface area contributed by atoms with E-state index in [4.69, 9.17) is 9.47 Å². The first kappa shape index (κ1) is 27.9. The number of nitrogens with one attached hydrogen (secondary N) is 2. The SMILES string of the molecule is COCCn1c(=O)c(NC(=O)Nc2c(C(C)C)cccc2C(C)C)c(-c2cccc(OC)c2)c2cccnc21. The van der Waals surface area contributed by atoms with Crippen molar-refractivity contribution in [2.45, 2.75) is 46.1 Å². The van der Waals surface area contributed by atoms with E-state index in [0.29, 0.717) is 23.6 Å². The van der Waals surface area contributed by atoms with Crippen LogP contribution in [0, 0.1) is 0 Å². The van der Waals surface area contributed by atoms with Gasteiger partial charge in [0.25, 0.3) is 5.56 Å². The van der Waals surface area contributed by atoms with E-state index in [2.05, 4.69) is 43.3 Å². The molecule has 0 saturated carbocycles. The zero-order chi connectivity index (χ0) is 28.1. The molecule has 4 aromatic rings. The number of anilines is 2. The minimum absolute atomic E-state index is 0.158. The van der Waals surface area contributed by atoms with E-state index in [1.54, 1.807) is 25.0 Å². The Bertz CT molecular complexity index is 1520. The van der Waals surface area contributed by atoms with Crippen LogP contribution in [0.1, 0.15) is 50.7 Å². The summed E-state index contributed by atoms with van der Waals surface area (Å²) in [5.74, 6) is 1.03. The summed E-state index contributed by atoms with van der Waals surface area (Å²) >= 11 is 0. The monoisotopic (exact) mass is 528 g/mol. The second-order valence-electron chi connectivity index (χ2n) is 10.0. The van der Waals surface area contributed by atoms with Gasteiger partial charge in [0.2, 0.25) is 0 Å². The van der Waals surface area contributed by atoms with Gasteiger partial charge in [-0.25, -0.2) is 9.78 Å². The number of amides is 2. The predicted molar refractivity (Wildman–Crippen MR) is 157 cm³/mol. The lowest BCUT2D eigenvalue weighted by atomic mass is 9.93. The number of urea groups is 1. The molecule has 4 rings (SSSR count). The number of carbonyl (C=O) groups is 1. The number of rotatable bonds is 9. The summed E-state index contributed by atoms with van der Waals surface area (Å²) < 4.78 is 12.3. The molecule has 0 aliphatic rings. The van der Waals surface area contributed by atoms with Gasteiger partial charge in [0.15, 0.2) is 0 Å². The molecular weight excluding hydrogens is 492 g/mol. The number of methoxy groups -OCH3 is 2. The Hall–Kier alpha value is -4.17. The zero-order valence-electron chi connectivity index (χ0n) is 23.4. The Labute approximate surface area is 229 Å². The van der Waals surface area contributed by atoms with Crippen LogP contribution in [0.15, 0.2) is 65.6 Å². The first-order valence-electron chi connectivity index (χ1n) is 13.1. The van der Waals surface area contributed by atoms with Crippen LogP contribution in [0.5, 0.6) is 5.75 Å². The lowest BCUT2D eigenvalue weighted by molar-refractivity contribution is 0.187. The van der Waals surface area contributed by atoms with Gasteiger partial charge < -0.3 is 20.1 Å². The van der Waals surface area contributed by atoms with Crippen molar-refractivity contribution in [2.75, 3.05) is 31.5 Å². The molecule has 0 fully saturated rings. The molecule has 2 aromatic carbocycles. The summed E-state index contributed by atoms with van der Waals surface area (Å²) in [6.45, 7) is 8.96. The lowest BCUT2D eigenvalue weighted by Gasteiger charge is -2.21. The van der Waals surface area contributed by atoms with Gasteiger partial charge in [-0.3, -0.25) is 9.36 Å². The second-order valence-corrected chi connectivity index (χ2v) is 10.0. The van der Waals surface area contributed by atoms with Gasteiger partial charge in [-0.05, 0) is 52.8 Å². The van der Waals surface area contributed by atoms with Crippen LogP contribution in [0.2, 0.25) is 0 Å². The molecule has 204 valence electrons. The molecule has 0 bridgehead atoms. The van der Waals surface area contributed by atoms with Crippen LogP contribution >= 0.6 is 0 Å². The molecule has 8 heteroatoms. The molecule has 0 aliphatic heterocycles. The van der Waals surface area contributed by atoms with Crippen LogP contribution in [0.4, 0.5) is 16.2 Å². The van der Waals surface area contributed by atoms with Crippen molar-refractivity contribution in [1.82, 2.24) is 9.55 Å². The molecule has 0 atom stereocenters. The van der Waals surface area contributed by atoms with E-state index in [-0.39, 0.29) is 29.6 Å². The topological polar surface area (TPSA) is 94.5 Å². The van der Waals surface area contributed by atoms with E-state index in [1.165, 1.54) is 0 Å². The number of para-hydroxylation sites is 1. The number of aromatic nitrogens is 2. The Balaban J connectivity index is 1.90. The van der Waals surface area contributed by atoms with Crippen LogP contribution in [-0.4, -0.2) is 36.4 Å². The molecule has 0 radical (unpaired) electrons. The van der Waals surface area contributed by atoms with E-state index in [0.717, 1.165) is 27.8 Å². The van der Waals surface area contributed by atoms with Crippen molar-refractivity contribution < 1.29 is 14.3 Å². The third-order valence-electron chi connectivity index (χ3n) is 6.75. The van der Waals surface area contributed by atoms with Gasteiger partial charge in [-0.15, -0.1) is 0 Å². The van der Waals surface area contributed by atoms with Crippen LogP contribution in [0.3, 0.4) is 0 Å². The maximum absolute atomic E-state index is 14.0. The number of nitrogens with zero attached hydrogens (tertiary/aromatic N) is 2. The molecular formula is C31H36N4O4. The van der Waals surface area contributed by atoms with Gasteiger partial charge in [-0.1, -0.05) is 58.0 Å². The van der Waals surface area contributed by atoms with Crippen LogP contribution in [-0.2, 0) is 11.3 Å². The fraction of sp³-hybridized carbons (Fsp3) is 0.323. The predicted octanol–water partition coefficient (Wildman–Crippen LogP) is 6.61. The standard InChI is InChI=1S/C31H36N4O4/c1-19(2)23-12-8-13-24(20(3)4)27(23)33-31(37)34-28-26(21-10-7-11-22(18-21)39-6)25-14-9-15-32-29(25)35(30(28)36)16-17-38-5/h7-15,18-20H,16-17H2,1-6H3,(H2,33,34,37). The van der Waals surface area contributed by atoms with Crippen LogP contribution in [0.25, 0.3) is 22.2 Å². The Morgan fingerprint density at radius 3 is 2.23 bits per heavy atom. The smallest absolute Gasteiger partial charge is 0.323 e. The Morgan fingerprint density at radius 2 is 1.59 bits per heavy atom. The Morgan fingerprint density at radius 1 is 0.923 bits per heavy atom. The number of fused-ring (bicyclic) bond motifs is 1. The first-order chi connectivity index (χ1) is 18.8. The average Bonchev–Trinajstić information content (AvgIpc) is 2.93. The van der Waals surface area contributed by atoms with Gasteiger partial charge in [0, 0.05) is 29.9 Å². The van der Waals surface area contributed by atoms with E-state index in [9.17, 15) is 9.59 Å². The maximum Gasteiger partial charge on any atom is 0.323 e. The summed E-state index contributed by atoms with van der Waals surface area (Å²) in [6, 6.07) is 16.7. The molecule has 0 unspecified atom stereocenters. The number of hydrogen-bond donors (Lipinski definition) is 2. The highest BCUT2D eigenvalue weighted by atomic mass is 16.5. The molecule has 2 amide bonds. The fourth-order valence-corrected chi connectivity index (χ4v) is 4.82. The fourth-order valence-electron chi connectivity index (χ4n) is 4.82. The molecule has 39 heavy (non-hydrogen) atoms. The number of benzene rings is 2. The van der Waals surface area contributed by atoms with E-state index in [1.807, 2.05) is 54.6 Å². The second kappa shape index (κ2) is 12.1. The molecule has 8 nitrogen and oxygen atoms in total. The largest absolute Gasteiger partial charge is 0.497 e. The van der Waals surface area contributed by atoms with Crippen molar-refractivity contribution in [3.05, 3.63) is 82.3 Å². The molecule has 2 N–H and O–H groups in total. The van der Waals surface area contributed by atoms with Gasteiger partial charge in [-0.2, -0.15) is 0 Å². The molecule has 0 saturated heterocycles. The zero-order valence-corrected chi connectivity index (χ0v) is 23.4. The number of hydrogen-bond acceptors (Lipinski definition) is 5. The summed E-state index contributed by atoms with van der Waals surface area (Å²) in [7, 11) is 3.17. The summed E-state index contributed by atoms with van der Waals surface area (Å²) in [5.41, 5.74) is 4.43. The minimum atomic E-state index is -0.493. The number of pyridine rings is 2. The van der Waals surface area contributed by atoms with Crippen molar-refractivity contribution in [3.63, 3.8) is 0 Å². The average molecular weight is 529 g/mol. The first-order valence-corrected chi connectivity index (χ1v) is 13.1. The summed E-state index contributed by atoms with van der Waals surface area (Å²) in [4.78, 5) is 32.1. The highest BCUT2D eigenvalue weighted by molar-refractivity contribution is 6.07. The van der Waals surface area contributed by atoms with Gasteiger partial charge >= 0.3 is 6.03 Å². The third kappa shape index (κ3) is 5.81. The maximum atomic E-state index is 14.0. The van der Waals surface area contributed by atoms with Gasteiger partial charge in [0.05, 0.1) is 20.3 Å². The molecule has 0 aliphatic carbocycles. The van der Waals surface area contributed by atoms with Crippen molar-refractivity contribution in [3.8, 4) is 16.9 Å². The van der Waals surface area contributed by atoms with Crippen molar-refractivity contribution in [2.24, 2.45) is 0 Å². The molecule has 2 aromatic heterocycles. The minimum Gasteiger partial charge on any atom is -0.497 e. The van der Waals surface area contributed by atoms with Crippen molar-refractivity contribution in [1.29, 1.82) is 0 Å². The quantitative estimate of drug-likeness (QED) is 0.255. The normalized spacial score (nSPS) is 11.3. The van der Waals surface area contributed by atoms with Gasteiger partial charge in [0.1, 0.15) is 17.1 Å². The third-order valence-corrected chi connectivity index (χ3v) is 6.75. The number of ether oxygens (including phenoxy) is 2. The van der Waals surface area contributed by atoms with E-state index < -0.39 is 6.03 Å². The lowest BCUT2D eigenvalue weighted by Crippen LogP contribution is -2.31.